The lowest BCUT2D eigenvalue weighted by molar-refractivity contribution is 0.412. The van der Waals surface area contributed by atoms with Crippen molar-refractivity contribution >= 4 is 31.6 Å². The monoisotopic (exact) mass is 359 g/mol. The van der Waals surface area contributed by atoms with Crippen LogP contribution in [0.3, 0.4) is 0 Å². The zero-order chi connectivity index (χ0) is 14.8. The maximum absolute atomic E-state index is 13.5. The lowest BCUT2D eigenvalue weighted by Gasteiger charge is -2.10. The fourth-order valence-corrected chi connectivity index (χ4v) is 3.13. The molecule has 0 aromatic heterocycles. The minimum Gasteiger partial charge on any atom is -0.495 e. The Morgan fingerprint density at radius 3 is 2.55 bits per heavy atom. The second-order valence-electron chi connectivity index (χ2n) is 3.89. The maximum Gasteiger partial charge on any atom is 0.264 e. The molecule has 0 atom stereocenters. The standard InChI is InChI=1S/C13H11BrFNO3S/c1-19-12-8-9(6-7-10(12)14)16-20(17,18)13-5-3-2-4-11(13)15/h2-8,16H,1H3. The number of anilines is 1. The molecule has 0 unspecified atom stereocenters. The van der Waals surface area contributed by atoms with Crippen molar-refractivity contribution in [2.75, 3.05) is 11.8 Å². The van der Waals surface area contributed by atoms with Crippen molar-refractivity contribution in [3.63, 3.8) is 0 Å². The molecule has 20 heavy (non-hydrogen) atoms. The van der Waals surface area contributed by atoms with Gasteiger partial charge in [-0.25, -0.2) is 12.8 Å². The summed E-state index contributed by atoms with van der Waals surface area (Å²) in [6.07, 6.45) is 0. The molecule has 2 aromatic rings. The molecule has 0 heterocycles. The van der Waals surface area contributed by atoms with E-state index in [0.717, 1.165) is 6.07 Å². The molecule has 0 aliphatic heterocycles. The first-order chi connectivity index (χ1) is 9.44. The first-order valence-electron chi connectivity index (χ1n) is 5.55. The van der Waals surface area contributed by atoms with Gasteiger partial charge in [-0.1, -0.05) is 12.1 Å². The van der Waals surface area contributed by atoms with Gasteiger partial charge in [0.2, 0.25) is 0 Å². The highest BCUT2D eigenvalue weighted by Crippen LogP contribution is 2.29. The predicted octanol–water partition coefficient (Wildman–Crippen LogP) is 3.40. The van der Waals surface area contributed by atoms with Gasteiger partial charge in [0.05, 0.1) is 17.3 Å². The van der Waals surface area contributed by atoms with Crippen molar-refractivity contribution in [1.29, 1.82) is 0 Å². The SMILES string of the molecule is COc1cc(NS(=O)(=O)c2ccccc2F)ccc1Br. The Balaban J connectivity index is 2.36. The van der Waals surface area contributed by atoms with E-state index in [0.29, 0.717) is 10.2 Å². The number of methoxy groups -OCH3 is 1. The molecule has 0 amide bonds. The van der Waals surface area contributed by atoms with Gasteiger partial charge in [-0.2, -0.15) is 0 Å². The summed E-state index contributed by atoms with van der Waals surface area (Å²) in [6, 6.07) is 9.87. The lowest BCUT2D eigenvalue weighted by atomic mass is 10.3. The van der Waals surface area contributed by atoms with Crippen molar-refractivity contribution in [2.24, 2.45) is 0 Å². The van der Waals surface area contributed by atoms with E-state index in [4.69, 9.17) is 4.74 Å². The predicted molar refractivity (Wildman–Crippen MR) is 77.9 cm³/mol. The fourth-order valence-electron chi connectivity index (χ4n) is 1.60. The number of hydrogen-bond acceptors (Lipinski definition) is 3. The van der Waals surface area contributed by atoms with Gasteiger partial charge >= 0.3 is 0 Å². The van der Waals surface area contributed by atoms with E-state index in [-0.39, 0.29) is 5.69 Å². The number of hydrogen-bond donors (Lipinski definition) is 1. The number of nitrogens with one attached hydrogen (secondary N) is 1. The van der Waals surface area contributed by atoms with Crippen LogP contribution in [0.4, 0.5) is 10.1 Å². The van der Waals surface area contributed by atoms with Gasteiger partial charge < -0.3 is 4.74 Å². The molecule has 0 saturated heterocycles. The summed E-state index contributed by atoms with van der Waals surface area (Å²) in [6.45, 7) is 0. The van der Waals surface area contributed by atoms with Crippen LogP contribution in [-0.2, 0) is 10.0 Å². The summed E-state index contributed by atoms with van der Waals surface area (Å²) in [7, 11) is -2.51. The molecule has 0 fully saturated rings. The van der Waals surface area contributed by atoms with E-state index >= 15 is 0 Å². The molecule has 0 aliphatic rings. The average molecular weight is 360 g/mol. The Hall–Kier alpha value is -1.60. The Morgan fingerprint density at radius 2 is 1.90 bits per heavy atom. The summed E-state index contributed by atoms with van der Waals surface area (Å²) in [5.74, 6) is -0.331. The van der Waals surface area contributed by atoms with E-state index in [1.807, 2.05) is 0 Å². The Labute approximate surface area is 124 Å². The Bertz CT molecular complexity index is 734. The van der Waals surface area contributed by atoms with Crippen LogP contribution in [0.15, 0.2) is 51.8 Å². The molecule has 2 rings (SSSR count). The quantitative estimate of drug-likeness (QED) is 0.909. The topological polar surface area (TPSA) is 55.4 Å². The third kappa shape index (κ3) is 3.10. The van der Waals surface area contributed by atoms with Crippen LogP contribution in [-0.4, -0.2) is 15.5 Å². The molecule has 0 radical (unpaired) electrons. The Kier molecular flexibility index (Phi) is 4.29. The smallest absolute Gasteiger partial charge is 0.264 e. The maximum atomic E-state index is 13.5. The van der Waals surface area contributed by atoms with Crippen LogP contribution in [0.1, 0.15) is 0 Å². The molecule has 1 N–H and O–H groups in total. The zero-order valence-corrected chi connectivity index (χ0v) is 12.8. The van der Waals surface area contributed by atoms with E-state index < -0.39 is 20.7 Å². The van der Waals surface area contributed by atoms with Crippen LogP contribution in [0.5, 0.6) is 5.75 Å². The number of sulfonamides is 1. The van der Waals surface area contributed by atoms with Gasteiger partial charge in [0, 0.05) is 6.07 Å². The van der Waals surface area contributed by atoms with Gasteiger partial charge in [0.15, 0.2) is 0 Å². The van der Waals surface area contributed by atoms with Crippen LogP contribution < -0.4 is 9.46 Å². The van der Waals surface area contributed by atoms with Crippen molar-refractivity contribution < 1.29 is 17.5 Å². The zero-order valence-electron chi connectivity index (χ0n) is 10.4. The van der Waals surface area contributed by atoms with Gasteiger partial charge in [0.1, 0.15) is 16.5 Å². The molecule has 0 bridgehead atoms. The summed E-state index contributed by atoms with van der Waals surface area (Å²) in [4.78, 5) is -0.401. The minimum atomic E-state index is -3.98. The van der Waals surface area contributed by atoms with Crippen LogP contribution in [0, 0.1) is 5.82 Å². The first-order valence-corrected chi connectivity index (χ1v) is 7.82. The number of ether oxygens (including phenoxy) is 1. The number of halogens is 2. The first kappa shape index (κ1) is 14.8. The normalized spacial score (nSPS) is 11.2. The van der Waals surface area contributed by atoms with Crippen LogP contribution in [0.2, 0.25) is 0 Å². The summed E-state index contributed by atoms with van der Waals surface area (Å²) < 4.78 is 45.8. The van der Waals surface area contributed by atoms with Crippen molar-refractivity contribution in [3.8, 4) is 5.75 Å². The molecule has 7 heteroatoms. The third-order valence-corrected chi connectivity index (χ3v) is 4.60. The van der Waals surface area contributed by atoms with Gasteiger partial charge in [-0.15, -0.1) is 0 Å². The summed E-state index contributed by atoms with van der Waals surface area (Å²) in [5, 5.41) is 0. The lowest BCUT2D eigenvalue weighted by Crippen LogP contribution is -2.14. The largest absolute Gasteiger partial charge is 0.495 e. The van der Waals surface area contributed by atoms with Gasteiger partial charge in [0.25, 0.3) is 10.0 Å². The van der Waals surface area contributed by atoms with Crippen LogP contribution in [0.25, 0.3) is 0 Å². The van der Waals surface area contributed by atoms with Crippen molar-refractivity contribution in [3.05, 3.63) is 52.8 Å². The molecule has 4 nitrogen and oxygen atoms in total. The second-order valence-corrected chi connectivity index (χ2v) is 6.39. The fraction of sp³-hybridized carbons (Fsp3) is 0.0769. The summed E-state index contributed by atoms with van der Waals surface area (Å²) in [5.41, 5.74) is 0.285. The number of benzene rings is 2. The van der Waals surface area contributed by atoms with Crippen molar-refractivity contribution in [1.82, 2.24) is 0 Å². The summed E-state index contributed by atoms with van der Waals surface area (Å²) >= 11 is 3.26. The third-order valence-electron chi connectivity index (χ3n) is 2.53. The molecular weight excluding hydrogens is 349 g/mol. The number of rotatable bonds is 4. The van der Waals surface area contributed by atoms with E-state index in [1.165, 1.54) is 31.4 Å². The molecule has 0 spiro atoms. The molecule has 2 aromatic carbocycles. The minimum absolute atomic E-state index is 0.285. The molecular formula is C13H11BrFNO3S. The highest BCUT2D eigenvalue weighted by atomic mass is 79.9. The highest BCUT2D eigenvalue weighted by Gasteiger charge is 2.18. The van der Waals surface area contributed by atoms with E-state index in [2.05, 4.69) is 20.7 Å². The molecule has 0 aliphatic carbocycles. The van der Waals surface area contributed by atoms with E-state index in [9.17, 15) is 12.8 Å². The molecule has 106 valence electrons. The average Bonchev–Trinajstić information content (AvgIpc) is 2.41. The van der Waals surface area contributed by atoms with Gasteiger partial charge in [-0.05, 0) is 40.2 Å². The highest BCUT2D eigenvalue weighted by molar-refractivity contribution is 9.10. The van der Waals surface area contributed by atoms with Gasteiger partial charge in [-0.3, -0.25) is 4.72 Å². The molecule has 0 saturated carbocycles. The Morgan fingerprint density at radius 1 is 1.20 bits per heavy atom. The van der Waals surface area contributed by atoms with Crippen LogP contribution >= 0.6 is 15.9 Å². The van der Waals surface area contributed by atoms with E-state index in [1.54, 1.807) is 12.1 Å². The van der Waals surface area contributed by atoms with Crippen molar-refractivity contribution in [2.45, 2.75) is 4.90 Å². The second kappa shape index (κ2) is 5.80.